The van der Waals surface area contributed by atoms with E-state index in [0.29, 0.717) is 12.4 Å². The van der Waals surface area contributed by atoms with Crippen LogP contribution >= 0.6 is 0 Å². The van der Waals surface area contributed by atoms with Crippen LogP contribution in [-0.4, -0.2) is 12.8 Å². The fraction of sp³-hybridized carbons (Fsp3) is 0.381. The molecule has 3 nitrogen and oxygen atoms in total. The van der Waals surface area contributed by atoms with E-state index < -0.39 is 6.16 Å². The fourth-order valence-corrected chi connectivity index (χ4v) is 2.57. The summed E-state index contributed by atoms with van der Waals surface area (Å²) in [7, 11) is 0. The molecule has 2 aromatic rings. The molecule has 2 aromatic carbocycles. The molecule has 0 saturated carbocycles. The Morgan fingerprint density at radius 3 is 2.29 bits per heavy atom. The molecule has 0 amide bonds. The molecule has 0 unspecified atom stereocenters. The van der Waals surface area contributed by atoms with Crippen LogP contribution < -0.4 is 4.74 Å². The minimum Gasteiger partial charge on any atom is -0.434 e. The number of hydrogen-bond donors (Lipinski definition) is 0. The molecular weight excluding hydrogens is 300 g/mol. The Balaban J connectivity index is 1.80. The van der Waals surface area contributed by atoms with Crippen molar-refractivity contribution in [2.45, 2.75) is 45.4 Å². The summed E-state index contributed by atoms with van der Waals surface area (Å²) in [5, 5.41) is 0. The van der Waals surface area contributed by atoms with Crippen molar-refractivity contribution in [3.05, 3.63) is 54.6 Å². The van der Waals surface area contributed by atoms with E-state index in [1.807, 2.05) is 48.5 Å². The van der Waals surface area contributed by atoms with Gasteiger partial charge in [-0.1, -0.05) is 87.6 Å². The minimum atomic E-state index is -0.632. The van der Waals surface area contributed by atoms with Crippen LogP contribution in [0.1, 0.15) is 45.4 Å². The van der Waals surface area contributed by atoms with Crippen molar-refractivity contribution in [1.82, 2.24) is 0 Å². The topological polar surface area (TPSA) is 35.5 Å². The number of benzene rings is 2. The lowest BCUT2D eigenvalue weighted by molar-refractivity contribution is 0.0975. The lowest BCUT2D eigenvalue weighted by Gasteiger charge is -2.10. The molecule has 24 heavy (non-hydrogen) atoms. The van der Waals surface area contributed by atoms with Gasteiger partial charge in [0.2, 0.25) is 0 Å². The van der Waals surface area contributed by atoms with Crippen molar-refractivity contribution in [2.24, 2.45) is 0 Å². The molecule has 2 rings (SSSR count). The van der Waals surface area contributed by atoms with E-state index in [4.69, 9.17) is 9.47 Å². The molecule has 128 valence electrons. The maximum Gasteiger partial charge on any atom is 0.513 e. The summed E-state index contributed by atoms with van der Waals surface area (Å²) >= 11 is 0. The van der Waals surface area contributed by atoms with Crippen LogP contribution in [0.2, 0.25) is 0 Å². The number of para-hydroxylation sites is 1. The van der Waals surface area contributed by atoms with Crippen molar-refractivity contribution >= 4 is 6.16 Å². The Kier molecular flexibility index (Phi) is 7.88. The summed E-state index contributed by atoms with van der Waals surface area (Å²) in [5.41, 5.74) is 1.89. The predicted molar refractivity (Wildman–Crippen MR) is 97.2 cm³/mol. The van der Waals surface area contributed by atoms with E-state index in [2.05, 4.69) is 6.92 Å². The molecule has 0 fully saturated rings. The molecular formula is C21H26O3. The molecule has 0 atom stereocenters. The molecule has 3 heteroatoms. The summed E-state index contributed by atoms with van der Waals surface area (Å²) in [6.45, 7) is 2.62. The number of carbonyl (C=O) groups is 1. The van der Waals surface area contributed by atoms with Crippen LogP contribution in [-0.2, 0) is 4.74 Å². The van der Waals surface area contributed by atoms with Gasteiger partial charge in [0.15, 0.2) is 0 Å². The highest BCUT2D eigenvalue weighted by atomic mass is 16.7. The van der Waals surface area contributed by atoms with Crippen molar-refractivity contribution in [3.8, 4) is 16.9 Å². The smallest absolute Gasteiger partial charge is 0.434 e. The number of rotatable bonds is 9. The van der Waals surface area contributed by atoms with E-state index in [1.165, 1.54) is 25.7 Å². The Hall–Kier alpha value is -2.29. The highest BCUT2D eigenvalue weighted by molar-refractivity contribution is 5.74. The average molecular weight is 326 g/mol. The van der Waals surface area contributed by atoms with Gasteiger partial charge in [0, 0.05) is 5.56 Å². The molecule has 0 aromatic heterocycles. The van der Waals surface area contributed by atoms with Gasteiger partial charge in [0.05, 0.1) is 6.61 Å². The molecule has 0 spiro atoms. The van der Waals surface area contributed by atoms with Crippen LogP contribution in [0.4, 0.5) is 4.79 Å². The monoisotopic (exact) mass is 326 g/mol. The highest BCUT2D eigenvalue weighted by Crippen LogP contribution is 2.29. The van der Waals surface area contributed by atoms with Gasteiger partial charge in [0.25, 0.3) is 0 Å². The van der Waals surface area contributed by atoms with E-state index in [0.717, 1.165) is 24.0 Å². The largest absolute Gasteiger partial charge is 0.513 e. The van der Waals surface area contributed by atoms with Crippen LogP contribution in [0.25, 0.3) is 11.1 Å². The van der Waals surface area contributed by atoms with Gasteiger partial charge in [-0.3, -0.25) is 0 Å². The Labute approximate surface area is 144 Å². The predicted octanol–water partition coefficient (Wildman–Crippen LogP) is 6.23. The zero-order chi connectivity index (χ0) is 17.0. The van der Waals surface area contributed by atoms with Gasteiger partial charge >= 0.3 is 6.16 Å². The van der Waals surface area contributed by atoms with E-state index >= 15 is 0 Å². The van der Waals surface area contributed by atoms with Crippen molar-refractivity contribution in [1.29, 1.82) is 0 Å². The summed E-state index contributed by atoms with van der Waals surface area (Å²) in [4.78, 5) is 11.9. The Morgan fingerprint density at radius 1 is 0.833 bits per heavy atom. The summed E-state index contributed by atoms with van der Waals surface area (Å²) in [6.07, 6.45) is 6.32. The molecule has 0 N–H and O–H groups in total. The summed E-state index contributed by atoms with van der Waals surface area (Å²) in [6, 6.07) is 17.4. The Bertz CT molecular complexity index is 607. The van der Waals surface area contributed by atoms with E-state index in [-0.39, 0.29) is 0 Å². The number of unbranched alkanes of at least 4 members (excludes halogenated alkanes) is 5. The molecule has 0 radical (unpaired) electrons. The molecule has 0 saturated heterocycles. The lowest BCUT2D eigenvalue weighted by Crippen LogP contribution is -2.12. The van der Waals surface area contributed by atoms with Crippen molar-refractivity contribution < 1.29 is 14.3 Å². The van der Waals surface area contributed by atoms with Gasteiger partial charge in [0.1, 0.15) is 5.75 Å². The first-order valence-electron chi connectivity index (χ1n) is 8.80. The van der Waals surface area contributed by atoms with Gasteiger partial charge in [-0.2, -0.15) is 0 Å². The summed E-state index contributed by atoms with van der Waals surface area (Å²) < 4.78 is 10.6. The second-order valence-corrected chi connectivity index (χ2v) is 5.83. The second-order valence-electron chi connectivity index (χ2n) is 5.83. The first kappa shape index (κ1) is 18.1. The van der Waals surface area contributed by atoms with Crippen LogP contribution in [0.3, 0.4) is 0 Å². The molecule has 0 aliphatic heterocycles. The normalized spacial score (nSPS) is 10.4. The maximum atomic E-state index is 11.9. The standard InChI is InChI=1S/C21H26O3/c1-2-3-4-5-6-12-17-23-21(22)24-20-16-11-10-15-19(20)18-13-8-7-9-14-18/h7-11,13-16H,2-6,12,17H2,1H3. The summed E-state index contributed by atoms with van der Waals surface area (Å²) in [5.74, 6) is 0.525. The first-order valence-corrected chi connectivity index (χ1v) is 8.80. The SMILES string of the molecule is CCCCCCCCOC(=O)Oc1ccccc1-c1ccccc1. The van der Waals surface area contributed by atoms with Gasteiger partial charge in [-0.05, 0) is 18.1 Å². The highest BCUT2D eigenvalue weighted by Gasteiger charge is 2.11. The number of ether oxygens (including phenoxy) is 2. The van der Waals surface area contributed by atoms with Gasteiger partial charge < -0.3 is 9.47 Å². The molecule has 0 aliphatic rings. The minimum absolute atomic E-state index is 0.415. The number of hydrogen-bond acceptors (Lipinski definition) is 3. The van der Waals surface area contributed by atoms with Crippen LogP contribution in [0.15, 0.2) is 54.6 Å². The quantitative estimate of drug-likeness (QED) is 0.311. The average Bonchev–Trinajstić information content (AvgIpc) is 2.62. The zero-order valence-electron chi connectivity index (χ0n) is 14.4. The van der Waals surface area contributed by atoms with Crippen LogP contribution in [0, 0.1) is 0 Å². The Morgan fingerprint density at radius 2 is 1.50 bits per heavy atom. The first-order chi connectivity index (χ1) is 11.8. The van der Waals surface area contributed by atoms with E-state index in [1.54, 1.807) is 6.07 Å². The third-order valence-corrected chi connectivity index (χ3v) is 3.88. The van der Waals surface area contributed by atoms with Crippen molar-refractivity contribution in [3.63, 3.8) is 0 Å². The molecule has 0 bridgehead atoms. The molecule has 0 heterocycles. The zero-order valence-corrected chi connectivity index (χ0v) is 14.4. The number of carbonyl (C=O) groups excluding carboxylic acids is 1. The second kappa shape index (κ2) is 10.5. The third-order valence-electron chi connectivity index (χ3n) is 3.88. The third kappa shape index (κ3) is 6.07. The van der Waals surface area contributed by atoms with Gasteiger partial charge in [-0.15, -0.1) is 0 Å². The van der Waals surface area contributed by atoms with E-state index in [9.17, 15) is 4.79 Å². The fourth-order valence-electron chi connectivity index (χ4n) is 2.57. The molecule has 0 aliphatic carbocycles. The van der Waals surface area contributed by atoms with Crippen molar-refractivity contribution in [2.75, 3.05) is 6.61 Å². The maximum absolute atomic E-state index is 11.9. The van der Waals surface area contributed by atoms with Crippen LogP contribution in [0.5, 0.6) is 5.75 Å². The van der Waals surface area contributed by atoms with Gasteiger partial charge in [-0.25, -0.2) is 4.79 Å². The lowest BCUT2D eigenvalue weighted by atomic mass is 10.1.